The monoisotopic (exact) mass is 148 g/mol. The van der Waals surface area contributed by atoms with Crippen molar-refractivity contribution in [3.8, 4) is 5.88 Å². The number of fused-ring (bicyclic) bond motifs is 1. The van der Waals surface area contributed by atoms with Gasteiger partial charge in [0.05, 0.1) is 0 Å². The Balaban J connectivity index is 2.94. The van der Waals surface area contributed by atoms with Gasteiger partial charge in [-0.2, -0.15) is 0 Å². The summed E-state index contributed by atoms with van der Waals surface area (Å²) in [6.45, 7) is 1.88. The first-order chi connectivity index (χ1) is 5.29. The van der Waals surface area contributed by atoms with Crippen LogP contribution in [0.2, 0.25) is 0 Å². The minimum atomic E-state index is -0.288. The summed E-state index contributed by atoms with van der Waals surface area (Å²) in [5.41, 5.74) is 1.54. The fourth-order valence-electron chi connectivity index (χ4n) is 1.08. The fraction of sp³-hybridized carbons (Fsp3) is 0.125. The molecule has 0 spiro atoms. The number of hydrogen-bond acceptors (Lipinski definition) is 3. The van der Waals surface area contributed by atoms with Crippen molar-refractivity contribution in [1.82, 2.24) is 5.16 Å². The average molecular weight is 148 g/mol. The van der Waals surface area contributed by atoms with Gasteiger partial charge in [-0.15, -0.1) is 0 Å². The van der Waals surface area contributed by atoms with Crippen molar-refractivity contribution in [1.29, 1.82) is 0 Å². The minimum Gasteiger partial charge on any atom is -0.856 e. The first kappa shape index (κ1) is 6.22. The topological polar surface area (TPSA) is 49.1 Å². The molecule has 0 aliphatic rings. The Morgan fingerprint density at radius 1 is 1.45 bits per heavy atom. The zero-order chi connectivity index (χ0) is 7.84. The molecule has 0 fully saturated rings. The van der Waals surface area contributed by atoms with Gasteiger partial charge in [-0.3, -0.25) is 0 Å². The number of aryl methyl sites for hydroxylation is 1. The van der Waals surface area contributed by atoms with Crippen molar-refractivity contribution in [2.24, 2.45) is 0 Å². The molecule has 0 unspecified atom stereocenters. The van der Waals surface area contributed by atoms with Crippen molar-refractivity contribution in [3.05, 3.63) is 23.8 Å². The quantitative estimate of drug-likeness (QED) is 0.564. The molecule has 0 aliphatic heterocycles. The standard InChI is InChI=1S/C8H7NO2/c1-5-3-2-4-6-7(5)11-9-8(6)10/h2-4H,1H3,(H,9,10)/p-1. The summed E-state index contributed by atoms with van der Waals surface area (Å²) in [6.07, 6.45) is 0. The number of rotatable bonds is 0. The van der Waals surface area contributed by atoms with E-state index in [2.05, 4.69) is 5.16 Å². The normalized spacial score (nSPS) is 10.6. The largest absolute Gasteiger partial charge is 0.856 e. The van der Waals surface area contributed by atoms with Gasteiger partial charge in [0.25, 0.3) is 0 Å². The highest BCUT2D eigenvalue weighted by Crippen LogP contribution is 2.23. The molecule has 0 atom stereocenters. The maximum Gasteiger partial charge on any atom is 0.169 e. The molecule has 0 N–H and O–H groups in total. The maximum absolute atomic E-state index is 10.9. The number of nitrogens with zero attached hydrogens (tertiary/aromatic N) is 1. The number of para-hydroxylation sites is 1. The summed E-state index contributed by atoms with van der Waals surface area (Å²) in [6, 6.07) is 5.41. The highest BCUT2D eigenvalue weighted by atomic mass is 16.5. The predicted octanol–water partition coefficient (Wildman–Crippen LogP) is 1.21. The van der Waals surface area contributed by atoms with Crippen molar-refractivity contribution in [2.45, 2.75) is 6.92 Å². The smallest absolute Gasteiger partial charge is 0.169 e. The second-order valence-corrected chi connectivity index (χ2v) is 2.44. The van der Waals surface area contributed by atoms with E-state index < -0.39 is 0 Å². The highest BCUT2D eigenvalue weighted by molar-refractivity contribution is 5.83. The Hall–Kier alpha value is -1.51. The molecule has 0 radical (unpaired) electrons. The van der Waals surface area contributed by atoms with E-state index in [0.717, 1.165) is 5.56 Å². The molecule has 3 heteroatoms. The lowest BCUT2D eigenvalue weighted by molar-refractivity contribution is -0.274. The summed E-state index contributed by atoms with van der Waals surface area (Å²) in [4.78, 5) is 0. The molecule has 3 nitrogen and oxygen atoms in total. The molecule has 1 aromatic heterocycles. The molecule has 0 aliphatic carbocycles. The zero-order valence-corrected chi connectivity index (χ0v) is 6.00. The van der Waals surface area contributed by atoms with Crippen LogP contribution in [-0.4, -0.2) is 5.16 Å². The van der Waals surface area contributed by atoms with Crippen molar-refractivity contribution in [3.63, 3.8) is 0 Å². The summed E-state index contributed by atoms with van der Waals surface area (Å²) in [5, 5.41) is 14.8. The lowest BCUT2D eigenvalue weighted by Crippen LogP contribution is -1.88. The van der Waals surface area contributed by atoms with E-state index in [9.17, 15) is 5.11 Å². The Labute approximate surface area is 63.2 Å². The molecule has 1 heterocycles. The van der Waals surface area contributed by atoms with Gasteiger partial charge in [-0.05, 0) is 12.5 Å². The second-order valence-electron chi connectivity index (χ2n) is 2.44. The Bertz CT molecular complexity index is 392. The molecule has 0 bridgehead atoms. The third kappa shape index (κ3) is 0.774. The Morgan fingerprint density at radius 2 is 2.27 bits per heavy atom. The predicted molar refractivity (Wildman–Crippen MR) is 38.2 cm³/mol. The lowest BCUT2D eigenvalue weighted by Gasteiger charge is -1.95. The average Bonchev–Trinajstić information content (AvgIpc) is 2.35. The van der Waals surface area contributed by atoms with Gasteiger partial charge in [-0.1, -0.05) is 23.4 Å². The van der Waals surface area contributed by atoms with Gasteiger partial charge in [0.15, 0.2) is 5.58 Å². The third-order valence-electron chi connectivity index (χ3n) is 1.66. The second kappa shape index (κ2) is 1.99. The zero-order valence-electron chi connectivity index (χ0n) is 6.00. The van der Waals surface area contributed by atoms with E-state index >= 15 is 0 Å². The van der Waals surface area contributed by atoms with Crippen LogP contribution in [0.15, 0.2) is 22.7 Å². The number of hydrogen-bond donors (Lipinski definition) is 0. The van der Waals surface area contributed by atoms with Gasteiger partial charge >= 0.3 is 0 Å². The van der Waals surface area contributed by atoms with Crippen LogP contribution in [0.5, 0.6) is 5.88 Å². The van der Waals surface area contributed by atoms with Crippen LogP contribution < -0.4 is 5.11 Å². The van der Waals surface area contributed by atoms with Gasteiger partial charge in [0, 0.05) is 11.3 Å². The SMILES string of the molecule is Cc1cccc2c([O-])noc12. The highest BCUT2D eigenvalue weighted by Gasteiger charge is 2.01. The van der Waals surface area contributed by atoms with Crippen LogP contribution in [0.25, 0.3) is 11.0 Å². The summed E-state index contributed by atoms with van der Waals surface area (Å²) >= 11 is 0. The van der Waals surface area contributed by atoms with Crippen molar-refractivity contribution >= 4 is 11.0 Å². The van der Waals surface area contributed by atoms with Crippen LogP contribution in [0, 0.1) is 6.92 Å². The van der Waals surface area contributed by atoms with Crippen LogP contribution in [0.4, 0.5) is 0 Å². The minimum absolute atomic E-state index is 0.288. The summed E-state index contributed by atoms with van der Waals surface area (Å²) < 4.78 is 4.82. The summed E-state index contributed by atoms with van der Waals surface area (Å²) in [5.74, 6) is -0.288. The molecule has 56 valence electrons. The van der Waals surface area contributed by atoms with E-state index in [4.69, 9.17) is 4.52 Å². The van der Waals surface area contributed by atoms with E-state index in [-0.39, 0.29) is 5.88 Å². The molecular formula is C8H6NO2-. The van der Waals surface area contributed by atoms with E-state index in [0.29, 0.717) is 11.0 Å². The van der Waals surface area contributed by atoms with E-state index in [1.54, 1.807) is 6.07 Å². The molecule has 0 amide bonds. The molecule has 0 saturated heterocycles. The number of benzene rings is 1. The Kier molecular flexibility index (Phi) is 1.12. The lowest BCUT2D eigenvalue weighted by atomic mass is 10.2. The van der Waals surface area contributed by atoms with Crippen molar-refractivity contribution < 1.29 is 9.63 Å². The van der Waals surface area contributed by atoms with Crippen LogP contribution in [0.3, 0.4) is 0 Å². The van der Waals surface area contributed by atoms with Crippen molar-refractivity contribution in [2.75, 3.05) is 0 Å². The molecule has 2 rings (SSSR count). The maximum atomic E-state index is 10.9. The molecular weight excluding hydrogens is 142 g/mol. The van der Waals surface area contributed by atoms with Gasteiger partial charge < -0.3 is 9.63 Å². The first-order valence-electron chi connectivity index (χ1n) is 3.31. The Morgan fingerprint density at radius 3 is 3.00 bits per heavy atom. The first-order valence-corrected chi connectivity index (χ1v) is 3.31. The molecule has 0 saturated carbocycles. The third-order valence-corrected chi connectivity index (χ3v) is 1.66. The van der Waals surface area contributed by atoms with Crippen LogP contribution >= 0.6 is 0 Å². The fourth-order valence-corrected chi connectivity index (χ4v) is 1.08. The van der Waals surface area contributed by atoms with Crippen LogP contribution in [0.1, 0.15) is 5.56 Å². The van der Waals surface area contributed by atoms with Gasteiger partial charge in [0.2, 0.25) is 0 Å². The molecule has 2 aromatic rings. The number of aromatic nitrogens is 1. The molecule has 1 aromatic carbocycles. The molecule has 11 heavy (non-hydrogen) atoms. The van der Waals surface area contributed by atoms with Gasteiger partial charge in [-0.25, -0.2) is 0 Å². The summed E-state index contributed by atoms with van der Waals surface area (Å²) in [7, 11) is 0. The van der Waals surface area contributed by atoms with Crippen LogP contribution in [-0.2, 0) is 0 Å². The van der Waals surface area contributed by atoms with Gasteiger partial charge in [0.1, 0.15) is 0 Å². The van der Waals surface area contributed by atoms with E-state index in [1.165, 1.54) is 0 Å². The van der Waals surface area contributed by atoms with E-state index in [1.807, 2.05) is 19.1 Å².